The van der Waals surface area contributed by atoms with Gasteiger partial charge in [-0.25, -0.2) is 4.39 Å². The van der Waals surface area contributed by atoms with Gasteiger partial charge in [-0.1, -0.05) is 35.9 Å². The molecule has 0 saturated heterocycles. The molecule has 6 heteroatoms. The van der Waals surface area contributed by atoms with Gasteiger partial charge in [0.2, 0.25) is 0 Å². The number of aliphatic imine (C=N–C) groups is 1. The molecule has 114 valence electrons. The SMILES string of the molecule is NC(N)=NC(=O)[C@@H](Cc1cccc(F)c1)c1cccc(Cl)c1. The fourth-order valence-electron chi connectivity index (χ4n) is 2.18. The van der Waals surface area contributed by atoms with Gasteiger partial charge in [-0.05, 0) is 41.8 Å². The molecule has 2 rings (SSSR count). The Kier molecular flexibility index (Phi) is 5.12. The molecule has 0 bridgehead atoms. The van der Waals surface area contributed by atoms with E-state index in [1.165, 1.54) is 12.1 Å². The van der Waals surface area contributed by atoms with Crippen molar-refractivity contribution in [2.24, 2.45) is 16.5 Å². The Morgan fingerprint density at radius 2 is 1.91 bits per heavy atom. The van der Waals surface area contributed by atoms with Crippen molar-refractivity contribution in [1.29, 1.82) is 0 Å². The lowest BCUT2D eigenvalue weighted by Crippen LogP contribution is -2.26. The first-order valence-corrected chi connectivity index (χ1v) is 6.97. The van der Waals surface area contributed by atoms with E-state index < -0.39 is 11.8 Å². The molecule has 0 aliphatic carbocycles. The quantitative estimate of drug-likeness (QED) is 0.671. The van der Waals surface area contributed by atoms with Gasteiger partial charge in [0, 0.05) is 5.02 Å². The van der Waals surface area contributed by atoms with Crippen molar-refractivity contribution in [3.05, 3.63) is 70.5 Å². The van der Waals surface area contributed by atoms with Crippen LogP contribution >= 0.6 is 11.6 Å². The van der Waals surface area contributed by atoms with Gasteiger partial charge in [-0.15, -0.1) is 0 Å². The minimum atomic E-state index is -0.636. The molecule has 0 radical (unpaired) electrons. The summed E-state index contributed by atoms with van der Waals surface area (Å²) in [6, 6.07) is 12.9. The van der Waals surface area contributed by atoms with Gasteiger partial charge in [-0.3, -0.25) is 4.79 Å². The van der Waals surface area contributed by atoms with E-state index in [9.17, 15) is 9.18 Å². The Labute approximate surface area is 132 Å². The summed E-state index contributed by atoms with van der Waals surface area (Å²) in [5.41, 5.74) is 11.9. The van der Waals surface area contributed by atoms with Gasteiger partial charge in [0.1, 0.15) is 5.82 Å². The first-order chi connectivity index (χ1) is 10.5. The van der Waals surface area contributed by atoms with Gasteiger partial charge in [0.25, 0.3) is 5.91 Å². The van der Waals surface area contributed by atoms with Crippen LogP contribution in [0.15, 0.2) is 53.5 Å². The molecule has 0 aliphatic heterocycles. The average molecular weight is 320 g/mol. The molecule has 4 nitrogen and oxygen atoms in total. The molecule has 0 aromatic heterocycles. The van der Waals surface area contributed by atoms with Crippen molar-refractivity contribution in [2.75, 3.05) is 0 Å². The molecule has 0 fully saturated rings. The zero-order valence-electron chi connectivity index (χ0n) is 11.7. The summed E-state index contributed by atoms with van der Waals surface area (Å²) in [5.74, 6) is -1.80. The molecule has 22 heavy (non-hydrogen) atoms. The van der Waals surface area contributed by atoms with E-state index in [1.807, 2.05) is 0 Å². The number of hydrogen-bond donors (Lipinski definition) is 2. The molecule has 0 spiro atoms. The lowest BCUT2D eigenvalue weighted by Gasteiger charge is -2.14. The maximum Gasteiger partial charge on any atom is 0.256 e. The summed E-state index contributed by atoms with van der Waals surface area (Å²) in [5, 5.41) is 0.499. The predicted octanol–water partition coefficient (Wildman–Crippen LogP) is 2.61. The zero-order chi connectivity index (χ0) is 16.1. The van der Waals surface area contributed by atoms with E-state index in [2.05, 4.69) is 4.99 Å². The molecule has 1 amide bonds. The normalized spacial score (nSPS) is 11.7. The Morgan fingerprint density at radius 3 is 2.55 bits per heavy atom. The minimum absolute atomic E-state index is 0.272. The van der Waals surface area contributed by atoms with Crippen LogP contribution in [0.2, 0.25) is 5.02 Å². The molecule has 1 atom stereocenters. The van der Waals surface area contributed by atoms with E-state index in [0.717, 1.165) is 0 Å². The monoisotopic (exact) mass is 319 g/mol. The summed E-state index contributed by atoms with van der Waals surface area (Å²) in [6.07, 6.45) is 0.272. The summed E-state index contributed by atoms with van der Waals surface area (Å²) in [4.78, 5) is 15.9. The van der Waals surface area contributed by atoms with Crippen LogP contribution in [0.3, 0.4) is 0 Å². The Balaban J connectivity index is 2.37. The van der Waals surface area contributed by atoms with E-state index in [4.69, 9.17) is 23.1 Å². The second-order valence-electron chi connectivity index (χ2n) is 4.82. The molecule has 0 heterocycles. The number of rotatable bonds is 4. The summed E-state index contributed by atoms with van der Waals surface area (Å²) < 4.78 is 13.3. The molecule has 2 aromatic carbocycles. The van der Waals surface area contributed by atoms with Crippen LogP contribution in [0.5, 0.6) is 0 Å². The summed E-state index contributed by atoms with van der Waals surface area (Å²) in [7, 11) is 0. The number of carbonyl (C=O) groups excluding carboxylic acids is 1. The van der Waals surface area contributed by atoms with Crippen LogP contribution in [0.1, 0.15) is 17.0 Å². The number of halogens is 2. The van der Waals surface area contributed by atoms with Crippen molar-refractivity contribution < 1.29 is 9.18 Å². The molecule has 0 aliphatic rings. The third-order valence-corrected chi connectivity index (χ3v) is 3.35. The van der Waals surface area contributed by atoms with E-state index in [-0.39, 0.29) is 18.2 Å². The molecular formula is C16H15ClFN3O. The van der Waals surface area contributed by atoms with Gasteiger partial charge in [0.15, 0.2) is 5.96 Å². The van der Waals surface area contributed by atoms with Crippen molar-refractivity contribution in [3.63, 3.8) is 0 Å². The number of guanidine groups is 1. The van der Waals surface area contributed by atoms with E-state index in [0.29, 0.717) is 16.1 Å². The van der Waals surface area contributed by atoms with Crippen LogP contribution in [0.25, 0.3) is 0 Å². The third-order valence-electron chi connectivity index (χ3n) is 3.12. The van der Waals surface area contributed by atoms with E-state index in [1.54, 1.807) is 36.4 Å². The predicted molar refractivity (Wildman–Crippen MR) is 85.1 cm³/mol. The molecule has 4 N–H and O–H groups in total. The van der Waals surface area contributed by atoms with Crippen LogP contribution in [-0.4, -0.2) is 11.9 Å². The second-order valence-corrected chi connectivity index (χ2v) is 5.25. The smallest absolute Gasteiger partial charge is 0.256 e. The first kappa shape index (κ1) is 16.0. The number of amides is 1. The van der Waals surface area contributed by atoms with E-state index >= 15 is 0 Å². The minimum Gasteiger partial charge on any atom is -0.370 e. The fraction of sp³-hybridized carbons (Fsp3) is 0.125. The highest BCUT2D eigenvalue weighted by Gasteiger charge is 2.21. The Morgan fingerprint density at radius 1 is 1.18 bits per heavy atom. The number of carbonyl (C=O) groups is 1. The fourth-order valence-corrected chi connectivity index (χ4v) is 2.37. The largest absolute Gasteiger partial charge is 0.370 e. The Hall–Kier alpha value is -2.40. The maximum atomic E-state index is 13.3. The highest BCUT2D eigenvalue weighted by Crippen LogP contribution is 2.25. The maximum absolute atomic E-state index is 13.3. The van der Waals surface area contributed by atoms with Crippen LogP contribution in [-0.2, 0) is 11.2 Å². The van der Waals surface area contributed by atoms with Crippen molar-refractivity contribution >= 4 is 23.5 Å². The average Bonchev–Trinajstić information content (AvgIpc) is 2.44. The molecule has 0 unspecified atom stereocenters. The van der Waals surface area contributed by atoms with Crippen LogP contribution in [0.4, 0.5) is 4.39 Å². The third kappa shape index (κ3) is 4.30. The topological polar surface area (TPSA) is 81.5 Å². The first-order valence-electron chi connectivity index (χ1n) is 6.59. The standard InChI is InChI=1S/C16H15ClFN3O/c17-12-5-2-4-11(9-12)14(15(22)21-16(19)20)8-10-3-1-6-13(18)7-10/h1-7,9,14H,8H2,(H4,19,20,21,22)/t14-/m0/s1. The second kappa shape index (κ2) is 7.04. The van der Waals surface area contributed by atoms with Crippen molar-refractivity contribution in [2.45, 2.75) is 12.3 Å². The van der Waals surface area contributed by atoms with Gasteiger partial charge < -0.3 is 11.5 Å². The zero-order valence-corrected chi connectivity index (χ0v) is 12.4. The number of nitrogens with two attached hydrogens (primary N) is 2. The molecule has 2 aromatic rings. The van der Waals surface area contributed by atoms with Gasteiger partial charge in [-0.2, -0.15) is 4.99 Å². The van der Waals surface area contributed by atoms with Crippen LogP contribution < -0.4 is 11.5 Å². The van der Waals surface area contributed by atoms with Gasteiger partial charge >= 0.3 is 0 Å². The number of hydrogen-bond acceptors (Lipinski definition) is 1. The van der Waals surface area contributed by atoms with Gasteiger partial charge in [0.05, 0.1) is 5.92 Å². The molecule has 0 saturated carbocycles. The lowest BCUT2D eigenvalue weighted by atomic mass is 9.91. The van der Waals surface area contributed by atoms with Crippen molar-refractivity contribution in [3.8, 4) is 0 Å². The highest BCUT2D eigenvalue weighted by atomic mass is 35.5. The lowest BCUT2D eigenvalue weighted by molar-refractivity contribution is -0.119. The summed E-state index contributed by atoms with van der Waals surface area (Å²) in [6.45, 7) is 0. The Bertz CT molecular complexity index is 714. The highest BCUT2D eigenvalue weighted by molar-refractivity contribution is 6.30. The van der Waals surface area contributed by atoms with Crippen LogP contribution in [0, 0.1) is 5.82 Å². The molecular weight excluding hydrogens is 305 g/mol. The number of nitrogens with zero attached hydrogens (tertiary/aromatic N) is 1. The number of benzene rings is 2. The van der Waals surface area contributed by atoms with Crippen molar-refractivity contribution in [1.82, 2.24) is 0 Å². The summed E-state index contributed by atoms with van der Waals surface area (Å²) >= 11 is 5.97.